The third-order valence-corrected chi connectivity index (χ3v) is 2.84. The highest BCUT2D eigenvalue weighted by Gasteiger charge is 2.03. The van der Waals surface area contributed by atoms with E-state index >= 15 is 0 Å². The van der Waals surface area contributed by atoms with Crippen molar-refractivity contribution in [3.8, 4) is 0 Å². The molecule has 1 rings (SSSR count). The second-order valence-electron chi connectivity index (χ2n) is 4.21. The SMILES string of the molecule is CCC(N)CCCN(C)c1cccc(F)c1. The molecule has 0 radical (unpaired) electrons. The van der Waals surface area contributed by atoms with Crippen LogP contribution in [0.2, 0.25) is 0 Å². The molecule has 90 valence electrons. The molecule has 2 nitrogen and oxygen atoms in total. The highest BCUT2D eigenvalue weighted by atomic mass is 19.1. The first kappa shape index (κ1) is 13.0. The molecule has 1 aromatic carbocycles. The van der Waals surface area contributed by atoms with E-state index in [9.17, 15) is 4.39 Å². The van der Waals surface area contributed by atoms with Gasteiger partial charge in [0.1, 0.15) is 5.82 Å². The van der Waals surface area contributed by atoms with Crippen molar-refractivity contribution in [3.05, 3.63) is 30.1 Å². The first-order valence-corrected chi connectivity index (χ1v) is 5.85. The Bertz CT molecular complexity index is 315. The van der Waals surface area contributed by atoms with Gasteiger partial charge in [0.15, 0.2) is 0 Å². The van der Waals surface area contributed by atoms with Gasteiger partial charge in [0, 0.05) is 25.3 Å². The molecule has 0 aliphatic rings. The number of benzene rings is 1. The van der Waals surface area contributed by atoms with Crippen molar-refractivity contribution in [1.29, 1.82) is 0 Å². The molecule has 0 saturated heterocycles. The average molecular weight is 224 g/mol. The number of rotatable bonds is 6. The van der Waals surface area contributed by atoms with Gasteiger partial charge in [-0.15, -0.1) is 0 Å². The number of halogens is 1. The first-order valence-electron chi connectivity index (χ1n) is 5.85. The monoisotopic (exact) mass is 224 g/mol. The van der Waals surface area contributed by atoms with Gasteiger partial charge in [-0.3, -0.25) is 0 Å². The number of anilines is 1. The number of nitrogens with two attached hydrogens (primary N) is 1. The summed E-state index contributed by atoms with van der Waals surface area (Å²) in [7, 11) is 1.98. The van der Waals surface area contributed by atoms with E-state index in [0.29, 0.717) is 6.04 Å². The molecule has 0 bridgehead atoms. The third-order valence-electron chi connectivity index (χ3n) is 2.84. The molecule has 1 unspecified atom stereocenters. The highest BCUT2D eigenvalue weighted by Crippen LogP contribution is 2.14. The van der Waals surface area contributed by atoms with Crippen molar-refractivity contribution in [2.75, 3.05) is 18.5 Å². The van der Waals surface area contributed by atoms with E-state index < -0.39 is 0 Å². The number of nitrogens with zero attached hydrogens (tertiary/aromatic N) is 1. The normalized spacial score (nSPS) is 12.5. The number of hydrogen-bond donors (Lipinski definition) is 1. The molecular formula is C13H21FN2. The largest absolute Gasteiger partial charge is 0.375 e. The Balaban J connectivity index is 2.38. The molecule has 3 heteroatoms. The third kappa shape index (κ3) is 4.19. The fourth-order valence-electron chi connectivity index (χ4n) is 1.64. The predicted molar refractivity (Wildman–Crippen MR) is 67.2 cm³/mol. The Morgan fingerprint density at radius 3 is 2.81 bits per heavy atom. The molecule has 0 aliphatic heterocycles. The van der Waals surface area contributed by atoms with Gasteiger partial charge in [-0.05, 0) is 37.5 Å². The van der Waals surface area contributed by atoms with Gasteiger partial charge < -0.3 is 10.6 Å². The van der Waals surface area contributed by atoms with E-state index in [0.717, 1.165) is 31.5 Å². The van der Waals surface area contributed by atoms with Crippen molar-refractivity contribution >= 4 is 5.69 Å². The van der Waals surface area contributed by atoms with Crippen LogP contribution in [0.25, 0.3) is 0 Å². The van der Waals surface area contributed by atoms with Crippen LogP contribution in [0.15, 0.2) is 24.3 Å². The molecule has 1 atom stereocenters. The summed E-state index contributed by atoms with van der Waals surface area (Å²) in [6, 6.07) is 6.96. The Hall–Kier alpha value is -1.09. The van der Waals surface area contributed by atoms with Gasteiger partial charge in [0.2, 0.25) is 0 Å². The lowest BCUT2D eigenvalue weighted by atomic mass is 10.1. The summed E-state index contributed by atoms with van der Waals surface area (Å²) >= 11 is 0. The number of hydrogen-bond acceptors (Lipinski definition) is 2. The lowest BCUT2D eigenvalue weighted by Crippen LogP contribution is -2.23. The summed E-state index contributed by atoms with van der Waals surface area (Å²) in [6.07, 6.45) is 3.09. The molecule has 16 heavy (non-hydrogen) atoms. The van der Waals surface area contributed by atoms with Gasteiger partial charge in [-0.1, -0.05) is 13.0 Å². The van der Waals surface area contributed by atoms with Crippen LogP contribution >= 0.6 is 0 Å². The average Bonchev–Trinajstić information content (AvgIpc) is 2.28. The molecule has 1 aromatic rings. The van der Waals surface area contributed by atoms with Crippen LogP contribution in [0, 0.1) is 5.82 Å². The van der Waals surface area contributed by atoms with Gasteiger partial charge in [0.25, 0.3) is 0 Å². The van der Waals surface area contributed by atoms with E-state index in [-0.39, 0.29) is 5.82 Å². The highest BCUT2D eigenvalue weighted by molar-refractivity contribution is 5.45. The summed E-state index contributed by atoms with van der Waals surface area (Å²) in [6.45, 7) is 3.01. The van der Waals surface area contributed by atoms with E-state index in [4.69, 9.17) is 5.73 Å². The summed E-state index contributed by atoms with van der Waals surface area (Å²) in [5.41, 5.74) is 6.76. The zero-order chi connectivity index (χ0) is 12.0. The van der Waals surface area contributed by atoms with Crippen molar-refractivity contribution in [3.63, 3.8) is 0 Å². The molecule has 0 saturated carbocycles. The van der Waals surface area contributed by atoms with Crippen molar-refractivity contribution in [2.24, 2.45) is 5.73 Å². The van der Waals surface area contributed by atoms with Crippen LogP contribution < -0.4 is 10.6 Å². The van der Waals surface area contributed by atoms with Gasteiger partial charge in [-0.25, -0.2) is 4.39 Å². The quantitative estimate of drug-likeness (QED) is 0.805. The Morgan fingerprint density at radius 2 is 2.19 bits per heavy atom. The fraction of sp³-hybridized carbons (Fsp3) is 0.538. The lowest BCUT2D eigenvalue weighted by Gasteiger charge is -2.20. The van der Waals surface area contributed by atoms with Crippen molar-refractivity contribution < 1.29 is 4.39 Å². The summed E-state index contributed by atoms with van der Waals surface area (Å²) in [5, 5.41) is 0. The molecule has 0 aliphatic carbocycles. The standard InChI is InChI=1S/C13H21FN2/c1-3-12(15)7-5-9-16(2)13-8-4-6-11(14)10-13/h4,6,8,10,12H,3,5,7,9,15H2,1-2H3. The topological polar surface area (TPSA) is 29.3 Å². The Labute approximate surface area is 97.3 Å². The zero-order valence-electron chi connectivity index (χ0n) is 10.1. The van der Waals surface area contributed by atoms with Crippen LogP contribution in [-0.4, -0.2) is 19.6 Å². The van der Waals surface area contributed by atoms with Crippen LogP contribution in [0.4, 0.5) is 10.1 Å². The second kappa shape index (κ2) is 6.48. The smallest absolute Gasteiger partial charge is 0.125 e. The van der Waals surface area contributed by atoms with Crippen LogP contribution in [0.5, 0.6) is 0 Å². The van der Waals surface area contributed by atoms with Crippen molar-refractivity contribution in [1.82, 2.24) is 0 Å². The molecule has 0 spiro atoms. The van der Waals surface area contributed by atoms with E-state index in [1.165, 1.54) is 6.07 Å². The molecule has 2 N–H and O–H groups in total. The summed E-state index contributed by atoms with van der Waals surface area (Å²) in [5.74, 6) is -0.186. The minimum absolute atomic E-state index is 0.186. The second-order valence-corrected chi connectivity index (χ2v) is 4.21. The maximum Gasteiger partial charge on any atom is 0.125 e. The minimum atomic E-state index is -0.186. The van der Waals surface area contributed by atoms with Crippen molar-refractivity contribution in [2.45, 2.75) is 32.2 Å². The van der Waals surface area contributed by atoms with E-state index in [1.54, 1.807) is 12.1 Å². The Morgan fingerprint density at radius 1 is 1.44 bits per heavy atom. The molecular weight excluding hydrogens is 203 g/mol. The summed E-state index contributed by atoms with van der Waals surface area (Å²) < 4.78 is 13.0. The minimum Gasteiger partial charge on any atom is -0.375 e. The van der Waals surface area contributed by atoms with E-state index in [1.807, 2.05) is 13.1 Å². The molecule has 0 fully saturated rings. The van der Waals surface area contributed by atoms with Crippen LogP contribution in [0.3, 0.4) is 0 Å². The zero-order valence-corrected chi connectivity index (χ0v) is 10.1. The maximum atomic E-state index is 13.0. The fourth-order valence-corrected chi connectivity index (χ4v) is 1.64. The van der Waals surface area contributed by atoms with Gasteiger partial charge in [-0.2, -0.15) is 0 Å². The lowest BCUT2D eigenvalue weighted by molar-refractivity contribution is 0.567. The van der Waals surface area contributed by atoms with E-state index in [2.05, 4.69) is 11.8 Å². The van der Waals surface area contributed by atoms with Gasteiger partial charge >= 0.3 is 0 Å². The predicted octanol–water partition coefficient (Wildman–Crippen LogP) is 2.78. The maximum absolute atomic E-state index is 13.0. The van der Waals surface area contributed by atoms with Gasteiger partial charge in [0.05, 0.1) is 0 Å². The van der Waals surface area contributed by atoms with Crippen LogP contribution in [-0.2, 0) is 0 Å². The molecule has 0 heterocycles. The first-order chi connectivity index (χ1) is 7.63. The van der Waals surface area contributed by atoms with Crippen LogP contribution in [0.1, 0.15) is 26.2 Å². The molecule has 0 aromatic heterocycles. The molecule has 0 amide bonds. The Kier molecular flexibility index (Phi) is 5.26. The summed E-state index contributed by atoms with van der Waals surface area (Å²) in [4.78, 5) is 2.06.